The monoisotopic (exact) mass is 298 g/mol. The van der Waals surface area contributed by atoms with Gasteiger partial charge in [0.15, 0.2) is 0 Å². The van der Waals surface area contributed by atoms with Crippen LogP contribution >= 0.6 is 34.7 Å². The van der Waals surface area contributed by atoms with Crippen molar-refractivity contribution in [2.24, 2.45) is 5.84 Å². The molecule has 2 rings (SSSR count). The van der Waals surface area contributed by atoms with Crippen molar-refractivity contribution in [2.75, 3.05) is 5.75 Å². The number of thioether (sulfide) groups is 1. The van der Waals surface area contributed by atoms with E-state index >= 15 is 0 Å². The van der Waals surface area contributed by atoms with E-state index in [0.29, 0.717) is 0 Å². The molecule has 1 aromatic carbocycles. The summed E-state index contributed by atoms with van der Waals surface area (Å²) in [7, 11) is 0. The second-order valence-electron chi connectivity index (χ2n) is 3.99. The normalized spacial score (nSPS) is 12.6. The van der Waals surface area contributed by atoms with Crippen molar-refractivity contribution in [1.82, 2.24) is 5.43 Å². The zero-order valence-corrected chi connectivity index (χ0v) is 12.4. The van der Waals surface area contributed by atoms with Crippen LogP contribution in [0.2, 0.25) is 4.34 Å². The first-order valence-corrected chi connectivity index (χ1v) is 7.78. The number of nitrogens with two attached hydrogens (primary N) is 1. The van der Waals surface area contributed by atoms with Gasteiger partial charge in [-0.05, 0) is 31.2 Å². The summed E-state index contributed by atoms with van der Waals surface area (Å²) in [4.78, 5) is 2.42. The van der Waals surface area contributed by atoms with Gasteiger partial charge in [0.2, 0.25) is 0 Å². The number of benzene rings is 1. The summed E-state index contributed by atoms with van der Waals surface area (Å²) in [5.74, 6) is 6.49. The fourth-order valence-corrected chi connectivity index (χ4v) is 3.73. The van der Waals surface area contributed by atoms with Crippen LogP contribution in [-0.2, 0) is 0 Å². The molecule has 1 unspecified atom stereocenters. The zero-order valence-electron chi connectivity index (χ0n) is 10.0. The van der Waals surface area contributed by atoms with Crippen LogP contribution in [0.3, 0.4) is 0 Å². The molecule has 5 heteroatoms. The van der Waals surface area contributed by atoms with E-state index in [9.17, 15) is 0 Å². The minimum absolute atomic E-state index is 0.133. The zero-order chi connectivity index (χ0) is 13.0. The largest absolute Gasteiger partial charge is 0.271 e. The molecule has 18 heavy (non-hydrogen) atoms. The van der Waals surface area contributed by atoms with Crippen LogP contribution in [0.15, 0.2) is 41.3 Å². The summed E-state index contributed by atoms with van der Waals surface area (Å²) in [6, 6.07) is 12.6. The second-order valence-corrected chi connectivity index (χ2v) is 6.83. The van der Waals surface area contributed by atoms with Gasteiger partial charge in [0.1, 0.15) is 0 Å². The van der Waals surface area contributed by atoms with Gasteiger partial charge in [0, 0.05) is 15.5 Å². The number of rotatable bonds is 5. The van der Waals surface area contributed by atoms with Crippen LogP contribution in [0.1, 0.15) is 16.5 Å². The smallest absolute Gasteiger partial charge is 0.0931 e. The highest BCUT2D eigenvalue weighted by molar-refractivity contribution is 7.99. The van der Waals surface area contributed by atoms with Gasteiger partial charge in [-0.15, -0.1) is 23.1 Å². The first kappa shape index (κ1) is 13.9. The van der Waals surface area contributed by atoms with Crippen molar-refractivity contribution < 1.29 is 0 Å². The summed E-state index contributed by atoms with van der Waals surface area (Å²) in [5.41, 5.74) is 4.12. The lowest BCUT2D eigenvalue weighted by Crippen LogP contribution is -2.28. The molecular weight excluding hydrogens is 284 g/mol. The minimum atomic E-state index is 0.133. The van der Waals surface area contributed by atoms with Crippen molar-refractivity contribution in [3.05, 3.63) is 51.2 Å². The molecule has 1 aromatic heterocycles. The summed E-state index contributed by atoms with van der Waals surface area (Å²) in [5, 5.41) is 0. The fraction of sp³-hybridized carbons (Fsp3) is 0.231. The minimum Gasteiger partial charge on any atom is -0.271 e. The molecule has 0 aliphatic carbocycles. The standard InChI is InChI=1S/C13H15ClN2S2/c1-9-2-4-10(5-3-9)17-8-11(16-15)12-6-7-13(14)18-12/h2-7,11,16H,8,15H2,1H3. The molecule has 0 bridgehead atoms. The molecule has 0 amide bonds. The van der Waals surface area contributed by atoms with Crippen molar-refractivity contribution in [3.63, 3.8) is 0 Å². The van der Waals surface area contributed by atoms with E-state index in [-0.39, 0.29) is 6.04 Å². The quantitative estimate of drug-likeness (QED) is 0.498. The Balaban J connectivity index is 1.97. The lowest BCUT2D eigenvalue weighted by molar-refractivity contribution is 0.620. The van der Waals surface area contributed by atoms with Gasteiger partial charge in [0.25, 0.3) is 0 Å². The molecule has 0 saturated carbocycles. The highest BCUT2D eigenvalue weighted by Crippen LogP contribution is 2.30. The molecule has 0 saturated heterocycles. The third-order valence-corrected chi connectivity index (χ3v) is 5.03. The van der Waals surface area contributed by atoms with E-state index < -0.39 is 0 Å². The lowest BCUT2D eigenvalue weighted by Gasteiger charge is -2.13. The Labute approximate surface area is 121 Å². The maximum absolute atomic E-state index is 5.94. The highest BCUT2D eigenvalue weighted by Gasteiger charge is 2.12. The van der Waals surface area contributed by atoms with E-state index in [1.165, 1.54) is 15.3 Å². The van der Waals surface area contributed by atoms with E-state index in [0.717, 1.165) is 10.1 Å². The Morgan fingerprint density at radius 1 is 1.28 bits per heavy atom. The molecule has 0 aliphatic rings. The van der Waals surface area contributed by atoms with Crippen LogP contribution in [0.25, 0.3) is 0 Å². The molecule has 3 N–H and O–H groups in total. The van der Waals surface area contributed by atoms with Crippen LogP contribution in [-0.4, -0.2) is 5.75 Å². The van der Waals surface area contributed by atoms with E-state index in [1.807, 2.05) is 12.1 Å². The van der Waals surface area contributed by atoms with Crippen LogP contribution in [0.5, 0.6) is 0 Å². The lowest BCUT2D eigenvalue weighted by atomic mass is 10.2. The number of hydrogen-bond donors (Lipinski definition) is 2. The van der Waals surface area contributed by atoms with Gasteiger partial charge in [-0.3, -0.25) is 11.3 Å². The predicted octanol–water partition coefficient (Wildman–Crippen LogP) is 4.01. The van der Waals surface area contributed by atoms with Crippen molar-refractivity contribution in [1.29, 1.82) is 0 Å². The van der Waals surface area contributed by atoms with Crippen LogP contribution in [0, 0.1) is 6.92 Å². The number of halogens is 1. The predicted molar refractivity (Wildman–Crippen MR) is 81.3 cm³/mol. The third kappa shape index (κ3) is 3.73. The molecule has 2 nitrogen and oxygen atoms in total. The Hall–Kier alpha value is -0.520. The molecule has 1 heterocycles. The summed E-state index contributed by atoms with van der Waals surface area (Å²) >= 11 is 9.29. The molecule has 0 fully saturated rings. The molecule has 2 aromatic rings. The van der Waals surface area contributed by atoms with Gasteiger partial charge >= 0.3 is 0 Å². The number of thiophene rings is 1. The number of nitrogens with one attached hydrogen (secondary N) is 1. The second kappa shape index (κ2) is 6.59. The maximum atomic E-state index is 5.94. The molecule has 0 radical (unpaired) electrons. The van der Waals surface area contributed by atoms with E-state index in [1.54, 1.807) is 23.1 Å². The van der Waals surface area contributed by atoms with E-state index in [2.05, 4.69) is 36.6 Å². The molecule has 0 aliphatic heterocycles. The van der Waals surface area contributed by atoms with Crippen molar-refractivity contribution in [2.45, 2.75) is 17.9 Å². The number of hydrogen-bond acceptors (Lipinski definition) is 4. The maximum Gasteiger partial charge on any atom is 0.0931 e. The van der Waals surface area contributed by atoms with Gasteiger partial charge in [-0.25, -0.2) is 0 Å². The fourth-order valence-electron chi connectivity index (χ4n) is 1.54. The SMILES string of the molecule is Cc1ccc(SCC(NN)c2ccc(Cl)s2)cc1. The third-order valence-electron chi connectivity index (χ3n) is 2.58. The molecule has 96 valence electrons. The van der Waals surface area contributed by atoms with Crippen LogP contribution in [0.4, 0.5) is 0 Å². The molecular formula is C13H15ClN2S2. The van der Waals surface area contributed by atoms with Crippen molar-refractivity contribution >= 4 is 34.7 Å². The summed E-state index contributed by atoms with van der Waals surface area (Å²) in [6.45, 7) is 2.09. The summed E-state index contributed by atoms with van der Waals surface area (Å²) in [6.07, 6.45) is 0. The first-order chi connectivity index (χ1) is 8.69. The van der Waals surface area contributed by atoms with Gasteiger partial charge in [-0.1, -0.05) is 29.3 Å². The highest BCUT2D eigenvalue weighted by atomic mass is 35.5. The molecule has 0 spiro atoms. The van der Waals surface area contributed by atoms with Crippen molar-refractivity contribution in [3.8, 4) is 0 Å². The first-order valence-electron chi connectivity index (χ1n) is 5.60. The average Bonchev–Trinajstić information content (AvgIpc) is 2.79. The average molecular weight is 299 g/mol. The number of hydrazine groups is 1. The molecule has 1 atom stereocenters. The summed E-state index contributed by atoms with van der Waals surface area (Å²) < 4.78 is 0.797. The number of aryl methyl sites for hydroxylation is 1. The van der Waals surface area contributed by atoms with Crippen LogP contribution < -0.4 is 11.3 Å². The Bertz CT molecular complexity index is 496. The van der Waals surface area contributed by atoms with Gasteiger partial charge in [-0.2, -0.15) is 0 Å². The Morgan fingerprint density at radius 2 is 2.00 bits per heavy atom. The topological polar surface area (TPSA) is 38.0 Å². The Kier molecular flexibility index (Phi) is 5.09. The van der Waals surface area contributed by atoms with Gasteiger partial charge < -0.3 is 0 Å². The van der Waals surface area contributed by atoms with E-state index in [4.69, 9.17) is 17.4 Å². The Morgan fingerprint density at radius 3 is 2.56 bits per heavy atom. The van der Waals surface area contributed by atoms with Gasteiger partial charge in [0.05, 0.1) is 10.4 Å².